The van der Waals surface area contributed by atoms with Gasteiger partial charge in [-0.3, -0.25) is 9.97 Å². The first-order chi connectivity index (χ1) is 5.92. The second-order valence-corrected chi connectivity index (χ2v) is 2.48. The van der Waals surface area contributed by atoms with Crippen molar-refractivity contribution in [2.24, 2.45) is 0 Å². The van der Waals surface area contributed by atoms with Crippen LogP contribution in [0.4, 0.5) is 0 Å². The Hall–Kier alpha value is -1.70. The van der Waals surface area contributed by atoms with E-state index in [1.807, 2.05) is 18.2 Å². The van der Waals surface area contributed by atoms with Gasteiger partial charge in [0.05, 0.1) is 11.0 Å². The maximum atomic E-state index is 4.22. The minimum absolute atomic E-state index is 0.912. The summed E-state index contributed by atoms with van der Waals surface area (Å²) in [4.78, 5) is 8.40. The minimum atomic E-state index is 0.912. The molecule has 0 radical (unpaired) electrons. The number of rotatable bonds is 1. The van der Waals surface area contributed by atoms with Gasteiger partial charge in [0.1, 0.15) is 0 Å². The van der Waals surface area contributed by atoms with Gasteiger partial charge >= 0.3 is 0 Å². The Morgan fingerprint density at radius 2 is 2.00 bits per heavy atom. The van der Waals surface area contributed by atoms with Gasteiger partial charge in [-0.15, -0.1) is 0 Å². The zero-order valence-electron chi connectivity index (χ0n) is 6.57. The molecule has 1 aromatic heterocycles. The highest BCUT2D eigenvalue weighted by molar-refractivity contribution is 5.83. The summed E-state index contributed by atoms with van der Waals surface area (Å²) in [5.74, 6) is 0. The SMILES string of the molecule is C=Cc1cccc2nccnc12. The van der Waals surface area contributed by atoms with Crippen LogP contribution in [-0.2, 0) is 0 Å². The number of hydrogen-bond donors (Lipinski definition) is 0. The average molecular weight is 156 g/mol. The van der Waals surface area contributed by atoms with Gasteiger partial charge in [0.2, 0.25) is 0 Å². The van der Waals surface area contributed by atoms with Crippen molar-refractivity contribution in [3.05, 3.63) is 42.7 Å². The maximum Gasteiger partial charge on any atom is 0.0958 e. The molecule has 0 spiro atoms. The molecule has 0 N–H and O–H groups in total. The van der Waals surface area contributed by atoms with Crippen molar-refractivity contribution < 1.29 is 0 Å². The molecule has 1 aromatic carbocycles. The van der Waals surface area contributed by atoms with Gasteiger partial charge < -0.3 is 0 Å². The first kappa shape index (κ1) is 6.98. The Morgan fingerprint density at radius 1 is 1.17 bits per heavy atom. The summed E-state index contributed by atoms with van der Waals surface area (Å²) in [7, 11) is 0. The largest absolute Gasteiger partial charge is 0.253 e. The van der Waals surface area contributed by atoms with E-state index in [9.17, 15) is 0 Å². The molecule has 0 aliphatic carbocycles. The fourth-order valence-corrected chi connectivity index (χ4v) is 1.18. The van der Waals surface area contributed by atoms with Crippen LogP contribution in [0.3, 0.4) is 0 Å². The first-order valence-corrected chi connectivity index (χ1v) is 3.74. The fraction of sp³-hybridized carbons (Fsp3) is 0. The molecule has 0 unspecified atom stereocenters. The van der Waals surface area contributed by atoms with Crippen LogP contribution in [0.5, 0.6) is 0 Å². The number of hydrogen-bond acceptors (Lipinski definition) is 2. The molecule has 0 aliphatic heterocycles. The summed E-state index contributed by atoms with van der Waals surface area (Å²) in [6, 6.07) is 5.87. The van der Waals surface area contributed by atoms with Crippen LogP contribution in [0, 0.1) is 0 Å². The normalized spacial score (nSPS) is 10.0. The van der Waals surface area contributed by atoms with Crippen LogP contribution in [0.1, 0.15) is 5.56 Å². The zero-order chi connectivity index (χ0) is 8.39. The molecule has 0 bridgehead atoms. The maximum absolute atomic E-state index is 4.22. The molecule has 2 heteroatoms. The predicted molar refractivity (Wildman–Crippen MR) is 49.6 cm³/mol. The van der Waals surface area contributed by atoms with Crippen LogP contribution in [-0.4, -0.2) is 9.97 Å². The highest BCUT2D eigenvalue weighted by atomic mass is 14.8. The molecule has 0 atom stereocenters. The third kappa shape index (κ3) is 0.975. The van der Waals surface area contributed by atoms with Gasteiger partial charge in [0.25, 0.3) is 0 Å². The number of para-hydroxylation sites is 1. The Balaban J connectivity index is 2.88. The summed E-state index contributed by atoms with van der Waals surface area (Å²) in [5, 5.41) is 0. The standard InChI is InChI=1S/C10H8N2/c1-2-8-4-3-5-9-10(8)12-7-6-11-9/h2-7H,1H2. The first-order valence-electron chi connectivity index (χ1n) is 3.74. The van der Waals surface area contributed by atoms with Crippen molar-refractivity contribution >= 4 is 17.1 Å². The highest BCUT2D eigenvalue weighted by Gasteiger charge is 1.96. The number of aromatic nitrogens is 2. The van der Waals surface area contributed by atoms with E-state index in [-0.39, 0.29) is 0 Å². The van der Waals surface area contributed by atoms with Crippen LogP contribution in [0.15, 0.2) is 37.2 Å². The van der Waals surface area contributed by atoms with Crippen LogP contribution in [0.2, 0.25) is 0 Å². The van der Waals surface area contributed by atoms with Gasteiger partial charge in [-0.2, -0.15) is 0 Å². The van der Waals surface area contributed by atoms with E-state index < -0.39 is 0 Å². The van der Waals surface area contributed by atoms with Gasteiger partial charge in [-0.25, -0.2) is 0 Å². The lowest BCUT2D eigenvalue weighted by Crippen LogP contribution is -1.84. The molecular weight excluding hydrogens is 148 g/mol. The Labute approximate surface area is 70.6 Å². The molecule has 12 heavy (non-hydrogen) atoms. The third-order valence-electron chi connectivity index (χ3n) is 1.75. The van der Waals surface area contributed by atoms with Crippen LogP contribution >= 0.6 is 0 Å². The summed E-state index contributed by atoms with van der Waals surface area (Å²) < 4.78 is 0. The van der Waals surface area contributed by atoms with E-state index in [1.54, 1.807) is 18.5 Å². The lowest BCUT2D eigenvalue weighted by Gasteiger charge is -1.97. The smallest absolute Gasteiger partial charge is 0.0958 e. The Bertz CT molecular complexity index is 416. The van der Waals surface area contributed by atoms with Crippen molar-refractivity contribution in [2.45, 2.75) is 0 Å². The van der Waals surface area contributed by atoms with E-state index in [0.717, 1.165) is 16.6 Å². The van der Waals surface area contributed by atoms with Gasteiger partial charge in [-0.1, -0.05) is 24.8 Å². The van der Waals surface area contributed by atoms with Crippen molar-refractivity contribution in [3.63, 3.8) is 0 Å². The topological polar surface area (TPSA) is 25.8 Å². The molecule has 0 aliphatic rings. The van der Waals surface area contributed by atoms with Crippen molar-refractivity contribution in [2.75, 3.05) is 0 Å². The van der Waals surface area contributed by atoms with Crippen molar-refractivity contribution in [1.82, 2.24) is 9.97 Å². The molecule has 2 nitrogen and oxygen atoms in total. The molecule has 0 saturated heterocycles. The van der Waals surface area contributed by atoms with E-state index in [1.165, 1.54) is 0 Å². The van der Waals surface area contributed by atoms with Gasteiger partial charge in [0, 0.05) is 18.0 Å². The lowest BCUT2D eigenvalue weighted by molar-refractivity contribution is 1.29. The van der Waals surface area contributed by atoms with Gasteiger partial charge in [-0.05, 0) is 6.07 Å². The monoisotopic (exact) mass is 156 g/mol. The number of benzene rings is 1. The number of fused-ring (bicyclic) bond motifs is 1. The summed E-state index contributed by atoms with van der Waals surface area (Å²) in [6.07, 6.45) is 5.17. The summed E-state index contributed by atoms with van der Waals surface area (Å²) >= 11 is 0. The lowest BCUT2D eigenvalue weighted by atomic mass is 10.2. The Kier molecular flexibility index (Phi) is 1.59. The van der Waals surface area contributed by atoms with E-state index in [4.69, 9.17) is 0 Å². The molecule has 58 valence electrons. The molecule has 2 aromatic rings. The zero-order valence-corrected chi connectivity index (χ0v) is 6.57. The quantitative estimate of drug-likeness (QED) is 0.633. The highest BCUT2D eigenvalue weighted by Crippen LogP contribution is 2.13. The second kappa shape index (κ2) is 2.74. The second-order valence-electron chi connectivity index (χ2n) is 2.48. The molecular formula is C10H8N2. The van der Waals surface area contributed by atoms with E-state index in [2.05, 4.69) is 16.5 Å². The summed E-state index contributed by atoms with van der Waals surface area (Å²) in [6.45, 7) is 3.71. The number of nitrogens with zero attached hydrogens (tertiary/aromatic N) is 2. The fourth-order valence-electron chi connectivity index (χ4n) is 1.18. The van der Waals surface area contributed by atoms with E-state index in [0.29, 0.717) is 0 Å². The minimum Gasteiger partial charge on any atom is -0.253 e. The molecule has 0 saturated carbocycles. The third-order valence-corrected chi connectivity index (χ3v) is 1.75. The van der Waals surface area contributed by atoms with Crippen LogP contribution in [0.25, 0.3) is 17.1 Å². The van der Waals surface area contributed by atoms with Gasteiger partial charge in [0.15, 0.2) is 0 Å². The predicted octanol–water partition coefficient (Wildman–Crippen LogP) is 2.27. The van der Waals surface area contributed by atoms with E-state index >= 15 is 0 Å². The Morgan fingerprint density at radius 3 is 2.83 bits per heavy atom. The van der Waals surface area contributed by atoms with Crippen molar-refractivity contribution in [1.29, 1.82) is 0 Å². The molecule has 0 fully saturated rings. The molecule has 0 amide bonds. The molecule has 2 rings (SSSR count). The average Bonchev–Trinajstić information content (AvgIpc) is 2.17. The van der Waals surface area contributed by atoms with Crippen molar-refractivity contribution in [3.8, 4) is 0 Å². The molecule has 1 heterocycles. The van der Waals surface area contributed by atoms with Crippen LogP contribution < -0.4 is 0 Å². The summed E-state index contributed by atoms with van der Waals surface area (Å²) in [5.41, 5.74) is 2.85.